The second kappa shape index (κ2) is 9.85. The zero-order valence-electron chi connectivity index (χ0n) is 15.0. The van der Waals surface area contributed by atoms with Gasteiger partial charge in [-0.25, -0.2) is 0 Å². The lowest BCUT2D eigenvalue weighted by molar-refractivity contribution is -0.122. The summed E-state index contributed by atoms with van der Waals surface area (Å²) in [6, 6.07) is 4.21. The van der Waals surface area contributed by atoms with Crippen LogP contribution in [0.2, 0.25) is 0 Å². The van der Waals surface area contributed by atoms with Crippen LogP contribution in [0.1, 0.15) is 37.3 Å². The molecule has 2 aliphatic rings. The number of aromatic nitrogens is 1. The molecule has 2 fully saturated rings. The molecular weight excluding hydrogens is 316 g/mol. The molecule has 0 aliphatic carbocycles. The van der Waals surface area contributed by atoms with Crippen LogP contribution in [0.5, 0.6) is 0 Å². The van der Waals surface area contributed by atoms with Gasteiger partial charge in [0, 0.05) is 32.0 Å². The Bertz CT molecular complexity index is 511. The van der Waals surface area contributed by atoms with Gasteiger partial charge in [-0.3, -0.25) is 19.6 Å². The van der Waals surface area contributed by atoms with Crippen molar-refractivity contribution in [2.75, 3.05) is 52.5 Å². The Morgan fingerprint density at radius 1 is 1.16 bits per heavy atom. The Hall–Kier alpha value is -1.50. The summed E-state index contributed by atoms with van der Waals surface area (Å²) in [5, 5.41) is 3.16. The highest BCUT2D eigenvalue weighted by molar-refractivity contribution is 5.78. The van der Waals surface area contributed by atoms with Crippen LogP contribution in [0.15, 0.2) is 24.5 Å². The van der Waals surface area contributed by atoms with Crippen molar-refractivity contribution in [2.24, 2.45) is 0 Å². The van der Waals surface area contributed by atoms with Gasteiger partial charge in [-0.1, -0.05) is 18.9 Å². The summed E-state index contributed by atoms with van der Waals surface area (Å²) >= 11 is 0. The third-order valence-corrected chi connectivity index (χ3v) is 5.11. The maximum atomic E-state index is 12.4. The van der Waals surface area contributed by atoms with Gasteiger partial charge in [0.1, 0.15) is 0 Å². The summed E-state index contributed by atoms with van der Waals surface area (Å²) in [6.45, 7) is 6.51. The minimum Gasteiger partial charge on any atom is -0.379 e. The number of likely N-dealkylation sites (tertiary alicyclic amines) is 1. The van der Waals surface area contributed by atoms with Gasteiger partial charge in [0.05, 0.1) is 25.8 Å². The molecule has 0 bridgehead atoms. The smallest absolute Gasteiger partial charge is 0.234 e. The molecule has 3 rings (SSSR count). The summed E-state index contributed by atoms with van der Waals surface area (Å²) < 4.78 is 5.47. The number of hydrogen-bond acceptors (Lipinski definition) is 5. The molecule has 2 saturated heterocycles. The summed E-state index contributed by atoms with van der Waals surface area (Å²) in [5.41, 5.74) is 1.15. The van der Waals surface area contributed by atoms with Gasteiger partial charge in [-0.05, 0) is 37.6 Å². The second-order valence-electron chi connectivity index (χ2n) is 6.94. The van der Waals surface area contributed by atoms with Crippen molar-refractivity contribution in [3.63, 3.8) is 0 Å². The fourth-order valence-electron chi connectivity index (χ4n) is 3.68. The van der Waals surface area contributed by atoms with Crippen LogP contribution < -0.4 is 5.32 Å². The van der Waals surface area contributed by atoms with Crippen LogP contribution in [0, 0.1) is 0 Å². The lowest BCUT2D eigenvalue weighted by atomic mass is 10.1. The molecule has 0 aromatic carbocycles. The van der Waals surface area contributed by atoms with E-state index in [1.54, 1.807) is 6.20 Å². The first-order valence-electron chi connectivity index (χ1n) is 9.54. The molecule has 2 aliphatic heterocycles. The van der Waals surface area contributed by atoms with Crippen molar-refractivity contribution in [1.29, 1.82) is 0 Å². The van der Waals surface area contributed by atoms with E-state index in [2.05, 4.69) is 26.2 Å². The lowest BCUT2D eigenvalue weighted by Gasteiger charge is -2.34. The summed E-state index contributed by atoms with van der Waals surface area (Å²) in [6.07, 6.45) is 8.69. The number of nitrogens with zero attached hydrogens (tertiary/aromatic N) is 3. The van der Waals surface area contributed by atoms with E-state index in [4.69, 9.17) is 4.74 Å². The van der Waals surface area contributed by atoms with Gasteiger partial charge in [-0.15, -0.1) is 0 Å². The molecule has 1 atom stereocenters. The van der Waals surface area contributed by atoms with E-state index in [1.165, 1.54) is 25.7 Å². The maximum Gasteiger partial charge on any atom is 0.234 e. The number of amides is 1. The third kappa shape index (κ3) is 5.76. The fraction of sp³-hybridized carbons (Fsp3) is 0.684. The van der Waals surface area contributed by atoms with Crippen LogP contribution in [-0.2, 0) is 9.53 Å². The Labute approximate surface area is 150 Å². The number of carbonyl (C=O) groups excluding carboxylic acids is 1. The third-order valence-electron chi connectivity index (χ3n) is 5.11. The van der Waals surface area contributed by atoms with Crippen LogP contribution in [-0.4, -0.2) is 73.2 Å². The highest BCUT2D eigenvalue weighted by atomic mass is 16.5. The van der Waals surface area contributed by atoms with Gasteiger partial charge in [0.25, 0.3) is 0 Å². The van der Waals surface area contributed by atoms with E-state index in [0.29, 0.717) is 13.1 Å². The van der Waals surface area contributed by atoms with E-state index in [0.717, 1.165) is 45.0 Å². The first kappa shape index (κ1) is 18.3. The number of pyridine rings is 1. The van der Waals surface area contributed by atoms with E-state index < -0.39 is 0 Å². The molecule has 138 valence electrons. The Balaban J connectivity index is 1.55. The van der Waals surface area contributed by atoms with Crippen molar-refractivity contribution in [3.8, 4) is 0 Å². The van der Waals surface area contributed by atoms with Crippen molar-refractivity contribution in [3.05, 3.63) is 30.1 Å². The van der Waals surface area contributed by atoms with Crippen molar-refractivity contribution in [2.45, 2.75) is 31.7 Å². The van der Waals surface area contributed by atoms with Gasteiger partial charge in [0.2, 0.25) is 5.91 Å². The Kier molecular flexibility index (Phi) is 7.21. The summed E-state index contributed by atoms with van der Waals surface area (Å²) in [5.74, 6) is 0.129. The summed E-state index contributed by atoms with van der Waals surface area (Å²) in [4.78, 5) is 21.4. The molecule has 3 heterocycles. The van der Waals surface area contributed by atoms with Gasteiger partial charge >= 0.3 is 0 Å². The first-order chi connectivity index (χ1) is 12.3. The molecule has 6 nitrogen and oxygen atoms in total. The average Bonchev–Trinajstić information content (AvgIpc) is 2.92. The van der Waals surface area contributed by atoms with Crippen LogP contribution in [0.3, 0.4) is 0 Å². The molecule has 1 aromatic heterocycles. The standard InChI is InChI=1S/C19H30N4O2/c24-19(16-22-8-3-1-2-4-9-22)21-15-18(17-6-5-7-20-14-17)23-10-12-25-13-11-23/h5-7,14,18H,1-4,8-13,15-16H2,(H,21,24)/t18-/m0/s1. The predicted molar refractivity (Wildman–Crippen MR) is 97.3 cm³/mol. The quantitative estimate of drug-likeness (QED) is 0.845. The monoisotopic (exact) mass is 346 g/mol. The molecule has 25 heavy (non-hydrogen) atoms. The zero-order chi connectivity index (χ0) is 17.3. The molecule has 0 unspecified atom stereocenters. The van der Waals surface area contributed by atoms with E-state index in [1.807, 2.05) is 12.3 Å². The number of carbonyl (C=O) groups is 1. The van der Waals surface area contributed by atoms with Crippen LogP contribution in [0.4, 0.5) is 0 Å². The second-order valence-corrected chi connectivity index (χ2v) is 6.94. The van der Waals surface area contributed by atoms with Crippen LogP contribution >= 0.6 is 0 Å². The number of rotatable bonds is 6. The molecule has 1 N–H and O–H groups in total. The van der Waals surface area contributed by atoms with Crippen molar-refractivity contribution < 1.29 is 9.53 Å². The highest BCUT2D eigenvalue weighted by Crippen LogP contribution is 2.20. The average molecular weight is 346 g/mol. The normalized spacial score (nSPS) is 21.4. The lowest BCUT2D eigenvalue weighted by Crippen LogP contribution is -2.45. The van der Waals surface area contributed by atoms with Crippen molar-refractivity contribution >= 4 is 5.91 Å². The Morgan fingerprint density at radius 3 is 2.60 bits per heavy atom. The molecule has 0 saturated carbocycles. The molecule has 6 heteroatoms. The van der Waals surface area contributed by atoms with Gasteiger partial charge in [-0.2, -0.15) is 0 Å². The van der Waals surface area contributed by atoms with Gasteiger partial charge < -0.3 is 10.1 Å². The first-order valence-corrected chi connectivity index (χ1v) is 9.54. The molecule has 1 aromatic rings. The minimum absolute atomic E-state index is 0.129. The van der Waals surface area contributed by atoms with Crippen molar-refractivity contribution in [1.82, 2.24) is 20.1 Å². The zero-order valence-corrected chi connectivity index (χ0v) is 15.0. The number of morpholine rings is 1. The highest BCUT2D eigenvalue weighted by Gasteiger charge is 2.23. The molecular formula is C19H30N4O2. The minimum atomic E-state index is 0.129. The topological polar surface area (TPSA) is 57.7 Å². The predicted octanol–water partition coefficient (Wildman–Crippen LogP) is 1.45. The number of ether oxygens (including phenoxy) is 1. The fourth-order valence-corrected chi connectivity index (χ4v) is 3.68. The Morgan fingerprint density at radius 2 is 1.92 bits per heavy atom. The van der Waals surface area contributed by atoms with Gasteiger partial charge in [0.15, 0.2) is 0 Å². The SMILES string of the molecule is O=C(CN1CCCCCC1)NC[C@@H](c1cccnc1)N1CCOCC1. The van der Waals surface area contributed by atoms with E-state index in [-0.39, 0.29) is 11.9 Å². The molecule has 1 amide bonds. The van der Waals surface area contributed by atoms with E-state index >= 15 is 0 Å². The maximum absolute atomic E-state index is 12.4. The van der Waals surface area contributed by atoms with Crippen LogP contribution in [0.25, 0.3) is 0 Å². The molecule has 0 spiro atoms. The number of nitrogens with one attached hydrogen (secondary N) is 1. The van der Waals surface area contributed by atoms with E-state index in [9.17, 15) is 4.79 Å². The molecule has 0 radical (unpaired) electrons. The summed E-state index contributed by atoms with van der Waals surface area (Å²) in [7, 11) is 0. The number of hydrogen-bond donors (Lipinski definition) is 1. The largest absolute Gasteiger partial charge is 0.379 e.